The van der Waals surface area contributed by atoms with Crippen LogP contribution in [0.1, 0.15) is 22.9 Å². The summed E-state index contributed by atoms with van der Waals surface area (Å²) >= 11 is 1.62. The van der Waals surface area contributed by atoms with Gasteiger partial charge in [0.15, 0.2) is 0 Å². The molecular weight excluding hydrogens is 268 g/mol. The van der Waals surface area contributed by atoms with Crippen molar-refractivity contribution in [2.24, 2.45) is 5.73 Å². The summed E-state index contributed by atoms with van der Waals surface area (Å²) in [5.41, 5.74) is 6.88. The van der Waals surface area contributed by atoms with Crippen molar-refractivity contribution < 1.29 is 4.79 Å². The topological polar surface area (TPSA) is 55.1 Å². The molecule has 4 heteroatoms. The summed E-state index contributed by atoms with van der Waals surface area (Å²) in [6.45, 7) is 3.61. The minimum atomic E-state index is -0.557. The van der Waals surface area contributed by atoms with Crippen LogP contribution in [-0.4, -0.2) is 11.9 Å². The van der Waals surface area contributed by atoms with Crippen LogP contribution in [0.4, 0.5) is 0 Å². The molecule has 2 rings (SSSR count). The molecule has 1 aromatic heterocycles. The SMILES string of the molecule is C=CCC(N)C(=O)NC(c1ccccc1)c1cccs1. The fraction of sp³-hybridized carbons (Fsp3) is 0.188. The van der Waals surface area contributed by atoms with Crippen LogP contribution in [-0.2, 0) is 4.79 Å². The van der Waals surface area contributed by atoms with Crippen LogP contribution in [0.3, 0.4) is 0 Å². The van der Waals surface area contributed by atoms with Gasteiger partial charge in [0, 0.05) is 4.88 Å². The Hall–Kier alpha value is -1.91. The molecule has 3 N–H and O–H groups in total. The van der Waals surface area contributed by atoms with Crippen LogP contribution in [0.2, 0.25) is 0 Å². The van der Waals surface area contributed by atoms with Crippen molar-refractivity contribution in [3.63, 3.8) is 0 Å². The molecule has 104 valence electrons. The number of rotatable bonds is 6. The highest BCUT2D eigenvalue weighted by molar-refractivity contribution is 7.10. The predicted molar refractivity (Wildman–Crippen MR) is 83.5 cm³/mol. The Morgan fingerprint density at radius 1 is 1.30 bits per heavy atom. The van der Waals surface area contributed by atoms with Crippen LogP contribution >= 0.6 is 11.3 Å². The minimum absolute atomic E-state index is 0.153. The molecule has 0 aliphatic carbocycles. The molecule has 20 heavy (non-hydrogen) atoms. The van der Waals surface area contributed by atoms with Gasteiger partial charge in [-0.1, -0.05) is 42.5 Å². The summed E-state index contributed by atoms with van der Waals surface area (Å²) in [6.07, 6.45) is 2.13. The Kier molecular flexibility index (Phi) is 5.09. The van der Waals surface area contributed by atoms with Crippen LogP contribution in [0, 0.1) is 0 Å². The van der Waals surface area contributed by atoms with Crippen molar-refractivity contribution in [1.29, 1.82) is 0 Å². The van der Waals surface area contributed by atoms with E-state index in [1.807, 2.05) is 47.8 Å². The molecular formula is C16H18N2OS. The molecule has 0 spiro atoms. The monoisotopic (exact) mass is 286 g/mol. The second-order valence-corrected chi connectivity index (χ2v) is 5.48. The number of carbonyl (C=O) groups excluding carboxylic acids is 1. The largest absolute Gasteiger partial charge is 0.343 e. The molecule has 0 saturated carbocycles. The van der Waals surface area contributed by atoms with Gasteiger partial charge in [0.1, 0.15) is 0 Å². The summed E-state index contributed by atoms with van der Waals surface area (Å²) in [6, 6.07) is 13.2. The van der Waals surface area contributed by atoms with E-state index in [4.69, 9.17) is 5.73 Å². The lowest BCUT2D eigenvalue weighted by atomic mass is 10.0. The van der Waals surface area contributed by atoms with E-state index >= 15 is 0 Å². The quantitative estimate of drug-likeness (QED) is 0.802. The fourth-order valence-corrected chi connectivity index (χ4v) is 2.76. The van der Waals surface area contributed by atoms with Gasteiger partial charge in [-0.3, -0.25) is 4.79 Å². The standard InChI is InChI=1S/C16H18N2OS/c1-2-7-13(17)16(19)18-15(14-10-6-11-20-14)12-8-4-3-5-9-12/h2-6,8-11,13,15H,1,7,17H2,(H,18,19). The number of amides is 1. The van der Waals surface area contributed by atoms with Gasteiger partial charge in [0.25, 0.3) is 0 Å². The first-order chi connectivity index (χ1) is 9.72. The molecule has 0 fully saturated rings. The van der Waals surface area contributed by atoms with Crippen LogP contribution in [0.5, 0.6) is 0 Å². The van der Waals surface area contributed by atoms with Gasteiger partial charge < -0.3 is 11.1 Å². The third-order valence-electron chi connectivity index (χ3n) is 3.00. The van der Waals surface area contributed by atoms with E-state index in [9.17, 15) is 4.79 Å². The normalized spacial score (nSPS) is 13.4. The molecule has 1 aromatic carbocycles. The molecule has 0 radical (unpaired) electrons. The van der Waals surface area contributed by atoms with Gasteiger partial charge in [-0.05, 0) is 23.4 Å². The zero-order valence-corrected chi connectivity index (χ0v) is 12.0. The fourth-order valence-electron chi connectivity index (χ4n) is 1.96. The summed E-state index contributed by atoms with van der Waals surface area (Å²) in [7, 11) is 0. The van der Waals surface area contributed by atoms with Crippen molar-refractivity contribution in [2.45, 2.75) is 18.5 Å². The first-order valence-electron chi connectivity index (χ1n) is 6.47. The van der Waals surface area contributed by atoms with Crippen LogP contribution < -0.4 is 11.1 Å². The number of hydrogen-bond donors (Lipinski definition) is 2. The molecule has 0 aliphatic rings. The van der Waals surface area contributed by atoms with Gasteiger partial charge in [0.2, 0.25) is 5.91 Å². The number of nitrogens with one attached hydrogen (secondary N) is 1. The Labute approximate surface area is 123 Å². The Morgan fingerprint density at radius 3 is 2.65 bits per heavy atom. The Morgan fingerprint density at radius 2 is 2.05 bits per heavy atom. The van der Waals surface area contributed by atoms with Gasteiger partial charge in [-0.15, -0.1) is 17.9 Å². The molecule has 2 aromatic rings. The van der Waals surface area contributed by atoms with E-state index in [-0.39, 0.29) is 11.9 Å². The second-order valence-electron chi connectivity index (χ2n) is 4.50. The molecule has 0 bridgehead atoms. The smallest absolute Gasteiger partial charge is 0.238 e. The molecule has 2 unspecified atom stereocenters. The first kappa shape index (κ1) is 14.5. The van der Waals surface area contributed by atoms with E-state index in [0.29, 0.717) is 6.42 Å². The molecule has 0 saturated heterocycles. The van der Waals surface area contributed by atoms with Gasteiger partial charge >= 0.3 is 0 Å². The second kappa shape index (κ2) is 7.03. The first-order valence-corrected chi connectivity index (χ1v) is 7.35. The van der Waals surface area contributed by atoms with E-state index in [1.165, 1.54) is 0 Å². The lowest BCUT2D eigenvalue weighted by Gasteiger charge is -2.20. The average molecular weight is 286 g/mol. The molecule has 1 heterocycles. The summed E-state index contributed by atoms with van der Waals surface area (Å²) in [4.78, 5) is 13.2. The summed E-state index contributed by atoms with van der Waals surface area (Å²) in [5.74, 6) is -0.160. The highest BCUT2D eigenvalue weighted by Gasteiger charge is 2.20. The lowest BCUT2D eigenvalue weighted by Crippen LogP contribution is -2.42. The average Bonchev–Trinajstić information content (AvgIpc) is 2.99. The third-order valence-corrected chi connectivity index (χ3v) is 3.94. The molecule has 2 atom stereocenters. The van der Waals surface area contributed by atoms with E-state index in [1.54, 1.807) is 17.4 Å². The highest BCUT2D eigenvalue weighted by Crippen LogP contribution is 2.25. The van der Waals surface area contributed by atoms with Crippen molar-refractivity contribution in [3.8, 4) is 0 Å². The van der Waals surface area contributed by atoms with Gasteiger partial charge in [-0.25, -0.2) is 0 Å². The maximum absolute atomic E-state index is 12.1. The zero-order chi connectivity index (χ0) is 14.4. The van der Waals surface area contributed by atoms with Crippen molar-refractivity contribution in [2.75, 3.05) is 0 Å². The van der Waals surface area contributed by atoms with Crippen molar-refractivity contribution >= 4 is 17.2 Å². The lowest BCUT2D eigenvalue weighted by molar-refractivity contribution is -0.122. The van der Waals surface area contributed by atoms with E-state index in [2.05, 4.69) is 11.9 Å². The Balaban J connectivity index is 2.20. The number of hydrogen-bond acceptors (Lipinski definition) is 3. The van der Waals surface area contributed by atoms with Crippen molar-refractivity contribution in [3.05, 3.63) is 70.9 Å². The predicted octanol–water partition coefficient (Wildman–Crippen LogP) is 2.86. The number of carbonyl (C=O) groups is 1. The third kappa shape index (κ3) is 3.56. The van der Waals surface area contributed by atoms with Crippen LogP contribution in [0.15, 0.2) is 60.5 Å². The van der Waals surface area contributed by atoms with Crippen molar-refractivity contribution in [1.82, 2.24) is 5.32 Å². The highest BCUT2D eigenvalue weighted by atomic mass is 32.1. The Bertz CT molecular complexity index is 551. The molecule has 3 nitrogen and oxygen atoms in total. The van der Waals surface area contributed by atoms with E-state index in [0.717, 1.165) is 10.4 Å². The number of benzene rings is 1. The molecule has 1 amide bonds. The number of thiophene rings is 1. The van der Waals surface area contributed by atoms with Gasteiger partial charge in [0.05, 0.1) is 12.1 Å². The summed E-state index contributed by atoms with van der Waals surface area (Å²) in [5, 5.41) is 5.02. The number of nitrogens with two attached hydrogens (primary N) is 1. The van der Waals surface area contributed by atoms with E-state index < -0.39 is 6.04 Å². The maximum Gasteiger partial charge on any atom is 0.238 e. The van der Waals surface area contributed by atoms with Crippen LogP contribution in [0.25, 0.3) is 0 Å². The summed E-state index contributed by atoms with van der Waals surface area (Å²) < 4.78 is 0. The van der Waals surface area contributed by atoms with Gasteiger partial charge in [-0.2, -0.15) is 0 Å². The molecule has 0 aliphatic heterocycles. The zero-order valence-electron chi connectivity index (χ0n) is 11.2. The maximum atomic E-state index is 12.1. The minimum Gasteiger partial charge on any atom is -0.343 e.